The number of imide groups is 1. The number of fused-ring (bicyclic) bond motifs is 2. The minimum Gasteiger partial charge on any atom is -0.491 e. The van der Waals surface area contributed by atoms with Crippen molar-refractivity contribution >= 4 is 52.0 Å². The molecule has 0 saturated carbocycles. The van der Waals surface area contributed by atoms with Crippen molar-refractivity contribution in [3.63, 3.8) is 0 Å². The molecule has 3 N–H and O–H groups in total. The van der Waals surface area contributed by atoms with Crippen molar-refractivity contribution in [3.05, 3.63) is 128 Å². The molecule has 4 aromatic carbocycles. The fourth-order valence-corrected chi connectivity index (χ4v) is 8.63. The van der Waals surface area contributed by atoms with E-state index < -0.39 is 29.2 Å². The Morgan fingerprint density at radius 3 is 2.38 bits per heavy atom. The topological polar surface area (TPSA) is 175 Å². The molecular weight excluding hydrogens is 869 g/mol. The van der Waals surface area contributed by atoms with E-state index in [1.807, 2.05) is 24.3 Å². The predicted molar refractivity (Wildman–Crippen MR) is 233 cm³/mol. The van der Waals surface area contributed by atoms with E-state index in [1.54, 1.807) is 41.3 Å². The number of carbonyl (C=O) groups excluding carboxylic acids is 4. The number of piperazine rings is 1. The van der Waals surface area contributed by atoms with Gasteiger partial charge in [-0.1, -0.05) is 35.9 Å². The Morgan fingerprint density at radius 1 is 0.877 bits per heavy atom. The summed E-state index contributed by atoms with van der Waals surface area (Å²) in [6, 6.07) is 22.0. The van der Waals surface area contributed by atoms with Crippen LogP contribution in [0.2, 0.25) is 5.02 Å². The summed E-state index contributed by atoms with van der Waals surface area (Å²) in [5.41, 5.74) is 4.34. The molecule has 0 bridgehead atoms. The van der Waals surface area contributed by atoms with E-state index >= 15 is 0 Å². The Labute approximate surface area is 374 Å². The molecule has 5 heterocycles. The Balaban J connectivity index is 0.742. The van der Waals surface area contributed by atoms with Crippen molar-refractivity contribution in [2.75, 3.05) is 50.9 Å². The number of aromatic nitrogens is 4. The summed E-state index contributed by atoms with van der Waals surface area (Å²) >= 11 is 6.14. The maximum Gasteiger partial charge on any atom is 0.416 e. The van der Waals surface area contributed by atoms with E-state index in [-0.39, 0.29) is 56.3 Å². The summed E-state index contributed by atoms with van der Waals surface area (Å²) in [6.45, 7) is 2.76. The highest BCUT2D eigenvalue weighted by Gasteiger charge is 2.39. The normalized spacial score (nSPS) is 16.6. The van der Waals surface area contributed by atoms with Gasteiger partial charge in [-0.05, 0) is 96.6 Å². The number of H-pyrrole nitrogens is 2. The largest absolute Gasteiger partial charge is 0.491 e. The van der Waals surface area contributed by atoms with Crippen LogP contribution in [0, 0.1) is 0 Å². The molecule has 2 fully saturated rings. The highest BCUT2D eigenvalue weighted by molar-refractivity contribution is 6.31. The summed E-state index contributed by atoms with van der Waals surface area (Å²) in [6.07, 6.45) is -3.30. The van der Waals surface area contributed by atoms with Gasteiger partial charge in [-0.25, -0.2) is 4.98 Å². The van der Waals surface area contributed by atoms with Gasteiger partial charge in [0.2, 0.25) is 23.7 Å². The third-order valence-electron chi connectivity index (χ3n) is 11.9. The molecule has 15 nitrogen and oxygen atoms in total. The number of benzene rings is 4. The quantitative estimate of drug-likeness (QED) is 0.0975. The van der Waals surface area contributed by atoms with E-state index in [2.05, 4.69) is 25.3 Å². The summed E-state index contributed by atoms with van der Waals surface area (Å²) < 4.78 is 52.8. The lowest BCUT2D eigenvalue weighted by Crippen LogP contribution is -2.52. The predicted octanol–water partition coefficient (Wildman–Crippen LogP) is 5.67. The number of aryl methyl sites for hydroxylation is 1. The number of halogens is 4. The third kappa shape index (κ3) is 9.22. The maximum absolute atomic E-state index is 13.9. The zero-order chi connectivity index (χ0) is 45.4. The lowest BCUT2D eigenvalue weighted by atomic mass is 10.0. The van der Waals surface area contributed by atoms with Gasteiger partial charge in [0.1, 0.15) is 25.0 Å². The van der Waals surface area contributed by atoms with Crippen LogP contribution in [-0.4, -0.2) is 105 Å². The lowest BCUT2D eigenvalue weighted by Gasteiger charge is -2.36. The van der Waals surface area contributed by atoms with E-state index in [4.69, 9.17) is 21.1 Å². The molecular formula is C46H42ClF3N8O7. The second-order valence-electron chi connectivity index (χ2n) is 16.1. The number of anilines is 1. The van der Waals surface area contributed by atoms with E-state index in [9.17, 15) is 37.1 Å². The summed E-state index contributed by atoms with van der Waals surface area (Å²) in [7, 11) is 0. The number of carbonyl (C=O) groups is 4. The zero-order valence-electron chi connectivity index (χ0n) is 34.8. The number of amides is 4. The summed E-state index contributed by atoms with van der Waals surface area (Å²) in [4.78, 5) is 77.0. The number of aromatic amines is 2. The second kappa shape index (κ2) is 17.9. The van der Waals surface area contributed by atoms with Gasteiger partial charge in [0.25, 0.3) is 11.5 Å². The maximum atomic E-state index is 13.9. The van der Waals surface area contributed by atoms with Crippen LogP contribution in [0.1, 0.15) is 45.5 Å². The molecule has 0 radical (unpaired) electrons. The van der Waals surface area contributed by atoms with Crippen molar-refractivity contribution in [3.8, 4) is 23.0 Å². The van der Waals surface area contributed by atoms with Crippen molar-refractivity contribution < 1.29 is 41.8 Å². The Bertz CT molecular complexity index is 2850. The first-order chi connectivity index (χ1) is 31.3. The van der Waals surface area contributed by atoms with Crippen molar-refractivity contribution in [1.29, 1.82) is 0 Å². The Hall–Kier alpha value is -6.92. The average Bonchev–Trinajstić information content (AvgIpc) is 3.97. The number of alkyl halides is 3. The molecule has 336 valence electrons. The van der Waals surface area contributed by atoms with Gasteiger partial charge in [0.15, 0.2) is 0 Å². The molecule has 2 aromatic heterocycles. The van der Waals surface area contributed by atoms with Gasteiger partial charge in [0.05, 0.1) is 28.9 Å². The molecule has 9 rings (SSSR count). The standard InChI is InChI=1S/C46H42ClF3N8O7/c47-31-8-14-36-37(24-31)52-45(51-36)58-44(63)35(41(54-58)28-4-6-30(7-5-28)46(48,49)50)12-3-27-1-10-33(11-2-27)65-22-21-64-26-40(60)56-19-17-55(18-20-56)32-9-13-34-29(23-32)25-57(43(34)62)38-15-16-39(59)53-42(38)61/h1-2,4-11,13-14,23-24,38,54H,3,12,15-22,25-26H2,(H,51,52)(H,53,59,61). The number of piperidine rings is 1. The zero-order valence-corrected chi connectivity index (χ0v) is 35.5. The number of hydrogen-bond donors (Lipinski definition) is 3. The molecule has 6 aromatic rings. The molecule has 3 aliphatic rings. The van der Waals surface area contributed by atoms with Crippen LogP contribution >= 0.6 is 11.6 Å². The Kier molecular flexibility index (Phi) is 11.9. The molecule has 0 aliphatic carbocycles. The van der Waals surface area contributed by atoms with Crippen LogP contribution < -0.4 is 20.5 Å². The molecule has 1 unspecified atom stereocenters. The summed E-state index contributed by atoms with van der Waals surface area (Å²) in [5, 5.41) is 5.87. The van der Waals surface area contributed by atoms with Crippen molar-refractivity contribution in [1.82, 2.24) is 34.9 Å². The minimum atomic E-state index is -4.51. The first-order valence-electron chi connectivity index (χ1n) is 21.1. The molecule has 1 atom stereocenters. The molecule has 0 spiro atoms. The summed E-state index contributed by atoms with van der Waals surface area (Å²) in [5.74, 6) is -0.341. The first kappa shape index (κ1) is 43.3. The molecule has 2 saturated heterocycles. The van der Waals surface area contributed by atoms with Gasteiger partial charge in [-0.2, -0.15) is 17.9 Å². The number of hydrogen-bond acceptors (Lipinski definition) is 9. The van der Waals surface area contributed by atoms with Crippen molar-refractivity contribution in [2.45, 2.75) is 44.4 Å². The Morgan fingerprint density at radius 2 is 1.65 bits per heavy atom. The van der Waals surface area contributed by atoms with Crippen LogP contribution in [0.15, 0.2) is 89.7 Å². The first-order valence-corrected chi connectivity index (χ1v) is 21.4. The smallest absolute Gasteiger partial charge is 0.416 e. The van der Waals surface area contributed by atoms with Gasteiger partial charge < -0.3 is 29.2 Å². The fraction of sp³-hybridized carbons (Fsp3) is 0.304. The van der Waals surface area contributed by atoms with Crippen LogP contribution in [0.4, 0.5) is 18.9 Å². The third-order valence-corrected chi connectivity index (χ3v) is 12.2. The fourth-order valence-electron chi connectivity index (χ4n) is 8.45. The second-order valence-corrected chi connectivity index (χ2v) is 16.5. The van der Waals surface area contributed by atoms with E-state index in [0.717, 1.165) is 28.9 Å². The highest BCUT2D eigenvalue weighted by Crippen LogP contribution is 2.33. The van der Waals surface area contributed by atoms with Gasteiger partial charge in [-0.15, -0.1) is 0 Å². The van der Waals surface area contributed by atoms with E-state index in [0.29, 0.717) is 89.8 Å². The number of imidazole rings is 1. The molecule has 4 amide bonds. The van der Waals surface area contributed by atoms with Crippen molar-refractivity contribution in [2.24, 2.45) is 0 Å². The number of nitrogens with zero attached hydrogens (tertiary/aromatic N) is 5. The minimum absolute atomic E-state index is 0.0978. The van der Waals surface area contributed by atoms with Crippen LogP contribution in [0.5, 0.6) is 5.75 Å². The van der Waals surface area contributed by atoms with Crippen LogP contribution in [0.3, 0.4) is 0 Å². The van der Waals surface area contributed by atoms with Gasteiger partial charge in [0, 0.05) is 61.0 Å². The van der Waals surface area contributed by atoms with Crippen LogP contribution in [0.25, 0.3) is 28.2 Å². The number of rotatable bonds is 13. The lowest BCUT2D eigenvalue weighted by molar-refractivity contribution is -0.138. The monoisotopic (exact) mass is 910 g/mol. The number of ether oxygens (including phenoxy) is 2. The molecule has 19 heteroatoms. The van der Waals surface area contributed by atoms with Gasteiger partial charge >= 0.3 is 6.18 Å². The van der Waals surface area contributed by atoms with E-state index in [1.165, 1.54) is 21.7 Å². The van der Waals surface area contributed by atoms with Crippen LogP contribution in [-0.2, 0) is 44.7 Å². The molecule has 65 heavy (non-hydrogen) atoms. The average molecular weight is 911 g/mol. The molecule has 3 aliphatic heterocycles. The number of nitrogens with one attached hydrogen (secondary N) is 3. The SMILES string of the molecule is O=C1CCC(N2Cc3cc(N4CCN(C(=O)COCCOc5ccc(CCc6c(-c7ccc(C(F)(F)F)cc7)[nH]n(-c7nc8ccc(Cl)cc8[nH]7)c6=O)cc5)CC4)ccc3C2=O)C(=O)N1. The van der Waals surface area contributed by atoms with Gasteiger partial charge in [-0.3, -0.25) is 34.4 Å². The highest BCUT2D eigenvalue weighted by atomic mass is 35.5.